The van der Waals surface area contributed by atoms with E-state index < -0.39 is 16.1 Å². The van der Waals surface area contributed by atoms with Crippen LogP contribution in [0.3, 0.4) is 0 Å². The maximum absolute atomic E-state index is 14.1. The van der Waals surface area contributed by atoms with Crippen LogP contribution in [0.4, 0.5) is 0 Å². The van der Waals surface area contributed by atoms with Crippen LogP contribution < -0.4 is 4.74 Å². The molecule has 1 amide bonds. The molecule has 0 spiro atoms. The molecule has 3 aromatic carbocycles. The number of nitriles is 1. The van der Waals surface area contributed by atoms with Gasteiger partial charge in [0.2, 0.25) is 15.9 Å². The van der Waals surface area contributed by atoms with Gasteiger partial charge in [-0.15, -0.1) is 0 Å². The van der Waals surface area contributed by atoms with Crippen molar-refractivity contribution in [2.24, 2.45) is 0 Å². The fraction of sp³-hybridized carbons (Fsp3) is 0.207. The Morgan fingerprint density at radius 2 is 1.82 bits per heavy atom. The summed E-state index contributed by atoms with van der Waals surface area (Å²) in [4.78, 5) is 19.4. The van der Waals surface area contributed by atoms with Gasteiger partial charge in [-0.25, -0.2) is 8.42 Å². The van der Waals surface area contributed by atoms with Crippen LogP contribution in [-0.4, -0.2) is 48.2 Å². The fourth-order valence-corrected chi connectivity index (χ4v) is 6.40. The summed E-state index contributed by atoms with van der Waals surface area (Å²) in [5.41, 5.74) is 2.07. The summed E-state index contributed by atoms with van der Waals surface area (Å²) in [5, 5.41) is 10.8. The molecule has 0 unspecified atom stereocenters. The van der Waals surface area contributed by atoms with E-state index in [1.54, 1.807) is 79.0 Å². The first kappa shape index (κ1) is 25.4. The Morgan fingerprint density at radius 3 is 2.58 bits per heavy atom. The van der Waals surface area contributed by atoms with Crippen molar-refractivity contribution in [1.82, 2.24) is 14.2 Å². The van der Waals surface area contributed by atoms with Crippen molar-refractivity contribution >= 4 is 26.7 Å². The minimum Gasteiger partial charge on any atom is -0.497 e. The number of pyridine rings is 1. The minimum atomic E-state index is -4.05. The number of carbonyl (C=O) groups is 1. The van der Waals surface area contributed by atoms with Crippen molar-refractivity contribution in [3.63, 3.8) is 0 Å². The molecule has 2 heterocycles. The van der Waals surface area contributed by atoms with Gasteiger partial charge in [0, 0.05) is 32.0 Å². The van der Waals surface area contributed by atoms with E-state index in [4.69, 9.17) is 4.74 Å². The molecule has 5 rings (SSSR count). The fourth-order valence-electron chi connectivity index (χ4n) is 4.76. The predicted octanol–water partition coefficient (Wildman–Crippen LogP) is 4.11. The molecule has 0 aliphatic carbocycles. The van der Waals surface area contributed by atoms with E-state index in [-0.39, 0.29) is 17.3 Å². The molecule has 0 bridgehead atoms. The number of fused-ring (bicyclic) bond motifs is 1. The van der Waals surface area contributed by atoms with Gasteiger partial charge in [0.25, 0.3) is 0 Å². The number of carbonyl (C=O) groups excluding carboxylic acids is 1. The molecule has 192 valence electrons. The molecule has 1 aliphatic heterocycles. The summed E-state index contributed by atoms with van der Waals surface area (Å²) in [7, 11) is -2.49. The highest BCUT2D eigenvalue weighted by Gasteiger charge is 2.42. The number of hydrogen-bond acceptors (Lipinski definition) is 6. The van der Waals surface area contributed by atoms with Crippen molar-refractivity contribution in [3.05, 3.63) is 102 Å². The lowest BCUT2D eigenvalue weighted by Gasteiger charge is -2.28. The second-order valence-electron chi connectivity index (χ2n) is 9.16. The quantitative estimate of drug-likeness (QED) is 0.342. The van der Waals surface area contributed by atoms with Crippen molar-refractivity contribution < 1.29 is 17.9 Å². The number of sulfonamides is 1. The molecule has 4 aromatic rings. The van der Waals surface area contributed by atoms with Crippen LogP contribution in [0.25, 0.3) is 10.8 Å². The summed E-state index contributed by atoms with van der Waals surface area (Å²) in [6.07, 6.45) is 3.57. The van der Waals surface area contributed by atoms with Gasteiger partial charge < -0.3 is 9.64 Å². The third-order valence-electron chi connectivity index (χ3n) is 6.76. The zero-order valence-corrected chi connectivity index (χ0v) is 21.6. The van der Waals surface area contributed by atoms with Crippen molar-refractivity contribution in [2.45, 2.75) is 30.4 Å². The first-order valence-electron chi connectivity index (χ1n) is 12.2. The SMILES string of the molecule is COc1ccc2ccc(S(=O)(=O)N(Cc3ccncc3)[C@H]3CCN(Cc4cccc(C#N)c4)C3=O)cc2c1. The van der Waals surface area contributed by atoms with Crippen molar-refractivity contribution in [3.8, 4) is 11.8 Å². The van der Waals surface area contributed by atoms with Gasteiger partial charge in [0.15, 0.2) is 0 Å². The smallest absolute Gasteiger partial charge is 0.244 e. The third kappa shape index (κ3) is 5.09. The molecule has 1 atom stereocenters. The average Bonchev–Trinajstić information content (AvgIpc) is 3.30. The van der Waals surface area contributed by atoms with E-state index in [2.05, 4.69) is 11.1 Å². The number of nitrogens with zero attached hydrogens (tertiary/aromatic N) is 4. The lowest BCUT2D eigenvalue weighted by molar-refractivity contribution is -0.131. The van der Waals surface area contributed by atoms with E-state index >= 15 is 0 Å². The standard InChI is InChI=1S/C29H26N4O4S/c1-37-26-7-5-24-6-8-27(17-25(24)16-26)38(35,36)33(20-21-9-12-31-13-10-21)28-11-14-32(29(28)34)19-23-4-2-3-22(15-23)18-30/h2-10,12-13,15-17,28H,11,14,19-20H2,1H3/t28-/m0/s1. The van der Waals surface area contributed by atoms with Gasteiger partial charge in [0.05, 0.1) is 23.6 Å². The summed E-state index contributed by atoms with van der Waals surface area (Å²) in [6, 6.07) is 22.3. The van der Waals surface area contributed by atoms with Gasteiger partial charge in [-0.3, -0.25) is 9.78 Å². The monoisotopic (exact) mass is 526 g/mol. The molecule has 8 nitrogen and oxygen atoms in total. The topological polar surface area (TPSA) is 104 Å². The highest BCUT2D eigenvalue weighted by Crippen LogP contribution is 2.30. The van der Waals surface area contributed by atoms with Gasteiger partial charge in [0.1, 0.15) is 11.8 Å². The van der Waals surface area contributed by atoms with Crippen LogP contribution in [0.5, 0.6) is 5.75 Å². The third-order valence-corrected chi connectivity index (χ3v) is 8.61. The Kier molecular flexibility index (Phi) is 7.09. The number of ether oxygens (including phenoxy) is 1. The molecule has 1 aliphatic rings. The normalized spacial score (nSPS) is 15.7. The Balaban J connectivity index is 1.49. The maximum Gasteiger partial charge on any atom is 0.244 e. The van der Waals surface area contributed by atoms with Gasteiger partial charge in [-0.05, 0) is 76.9 Å². The number of benzene rings is 3. The van der Waals surface area contributed by atoms with Crippen LogP contribution in [0.15, 0.2) is 90.1 Å². The summed E-state index contributed by atoms with van der Waals surface area (Å²) >= 11 is 0. The molecular weight excluding hydrogens is 500 g/mol. The maximum atomic E-state index is 14.1. The van der Waals surface area contributed by atoms with Crippen LogP contribution in [-0.2, 0) is 27.9 Å². The Bertz CT molecular complexity index is 1630. The zero-order chi connectivity index (χ0) is 26.7. The largest absolute Gasteiger partial charge is 0.497 e. The molecule has 9 heteroatoms. The first-order valence-corrected chi connectivity index (χ1v) is 13.6. The van der Waals surface area contributed by atoms with Crippen LogP contribution in [0.2, 0.25) is 0 Å². The highest BCUT2D eigenvalue weighted by atomic mass is 32.2. The zero-order valence-electron chi connectivity index (χ0n) is 20.8. The number of likely N-dealkylation sites (tertiary alicyclic amines) is 1. The molecule has 0 N–H and O–H groups in total. The highest BCUT2D eigenvalue weighted by molar-refractivity contribution is 7.89. The Labute approximate surface area is 221 Å². The second kappa shape index (κ2) is 10.6. The van der Waals surface area contributed by atoms with Crippen LogP contribution in [0.1, 0.15) is 23.1 Å². The molecule has 1 fully saturated rings. The number of hydrogen-bond donors (Lipinski definition) is 0. The Morgan fingerprint density at radius 1 is 1.03 bits per heavy atom. The molecule has 38 heavy (non-hydrogen) atoms. The molecule has 0 radical (unpaired) electrons. The van der Waals surface area contributed by atoms with Gasteiger partial charge in [-0.1, -0.05) is 24.3 Å². The van der Waals surface area contributed by atoms with E-state index in [9.17, 15) is 18.5 Å². The van der Waals surface area contributed by atoms with Gasteiger partial charge >= 0.3 is 0 Å². The van der Waals surface area contributed by atoms with E-state index in [0.29, 0.717) is 30.8 Å². The summed E-state index contributed by atoms with van der Waals surface area (Å²) < 4.78 is 34.8. The minimum absolute atomic E-state index is 0.0369. The van der Waals surface area contributed by atoms with E-state index in [1.165, 1.54) is 4.31 Å². The molecular formula is C29H26N4O4S. The molecule has 1 saturated heterocycles. The Hall–Kier alpha value is -4.26. The van der Waals surface area contributed by atoms with Crippen LogP contribution in [0, 0.1) is 11.3 Å². The average molecular weight is 527 g/mol. The van der Waals surface area contributed by atoms with E-state index in [0.717, 1.165) is 21.9 Å². The molecule has 1 aromatic heterocycles. The first-order chi connectivity index (χ1) is 18.4. The van der Waals surface area contributed by atoms with Crippen molar-refractivity contribution in [2.75, 3.05) is 13.7 Å². The second-order valence-corrected chi connectivity index (χ2v) is 11.0. The number of aromatic nitrogens is 1. The van der Waals surface area contributed by atoms with Gasteiger partial charge in [-0.2, -0.15) is 9.57 Å². The number of amides is 1. The molecule has 0 saturated carbocycles. The number of rotatable bonds is 8. The lowest BCUT2D eigenvalue weighted by Crippen LogP contribution is -2.44. The summed E-state index contributed by atoms with van der Waals surface area (Å²) in [5.74, 6) is 0.371. The predicted molar refractivity (Wildman–Crippen MR) is 142 cm³/mol. The summed E-state index contributed by atoms with van der Waals surface area (Å²) in [6.45, 7) is 0.760. The van der Waals surface area contributed by atoms with Crippen LogP contribution >= 0.6 is 0 Å². The van der Waals surface area contributed by atoms with E-state index in [1.807, 2.05) is 18.2 Å². The number of methoxy groups -OCH3 is 1. The van der Waals surface area contributed by atoms with Crippen molar-refractivity contribution in [1.29, 1.82) is 5.26 Å². The lowest BCUT2D eigenvalue weighted by atomic mass is 10.1.